The van der Waals surface area contributed by atoms with Gasteiger partial charge in [-0.3, -0.25) is 34.0 Å². The highest BCUT2D eigenvalue weighted by atomic mass is 32.2. The van der Waals surface area contributed by atoms with Gasteiger partial charge in [-0.2, -0.15) is 5.26 Å². The minimum atomic E-state index is -0.724. The van der Waals surface area contributed by atoms with Crippen LogP contribution in [0, 0.1) is 23.0 Å². The molecule has 3 aliphatic heterocycles. The molecule has 0 bridgehead atoms. The predicted molar refractivity (Wildman–Crippen MR) is 240 cm³/mol. The molecule has 65 heavy (non-hydrogen) atoms. The Morgan fingerprint density at radius 2 is 1.71 bits per heavy atom. The number of aromatic nitrogens is 4. The number of nitrogens with zero attached hydrogens (tertiary/aromatic N) is 9. The van der Waals surface area contributed by atoms with E-state index in [4.69, 9.17) is 4.74 Å². The van der Waals surface area contributed by atoms with Crippen LogP contribution in [0.1, 0.15) is 55.6 Å². The van der Waals surface area contributed by atoms with E-state index in [0.29, 0.717) is 98.7 Å². The van der Waals surface area contributed by atoms with Crippen LogP contribution in [-0.2, 0) is 14.4 Å². The molecule has 3 aromatic carbocycles. The van der Waals surface area contributed by atoms with Crippen LogP contribution in [0.4, 0.5) is 26.1 Å². The van der Waals surface area contributed by atoms with Gasteiger partial charge in [0.25, 0.3) is 5.56 Å². The number of nitriles is 1. The Hall–Kier alpha value is -6.69. The summed E-state index contributed by atoms with van der Waals surface area (Å²) in [5, 5.41) is 15.5. The zero-order chi connectivity index (χ0) is 45.2. The molecular formula is C45H46F2N12O5S. The second kappa shape index (κ2) is 18.8. The van der Waals surface area contributed by atoms with Gasteiger partial charge in [-0.1, -0.05) is 6.07 Å². The fourth-order valence-electron chi connectivity index (χ4n) is 8.39. The van der Waals surface area contributed by atoms with Crippen LogP contribution in [0.3, 0.4) is 0 Å². The number of hydrogen-bond donors (Lipinski definition) is 3. The summed E-state index contributed by atoms with van der Waals surface area (Å²) in [4.78, 5) is 70.1. The molecule has 0 radical (unpaired) electrons. The Bertz CT molecular complexity index is 2730. The molecule has 5 aromatic rings. The molecule has 1 saturated carbocycles. The third-order valence-corrected chi connectivity index (χ3v) is 13.2. The molecule has 4 aliphatic rings. The van der Waals surface area contributed by atoms with Gasteiger partial charge in [-0.15, -0.1) is 0 Å². The maximum atomic E-state index is 15.2. The molecule has 336 valence electrons. The van der Waals surface area contributed by atoms with E-state index in [0.717, 1.165) is 12.8 Å². The van der Waals surface area contributed by atoms with Crippen molar-refractivity contribution >= 4 is 58.1 Å². The van der Waals surface area contributed by atoms with Crippen molar-refractivity contribution in [2.45, 2.75) is 56.5 Å². The first-order valence-electron chi connectivity index (χ1n) is 21.6. The van der Waals surface area contributed by atoms with Gasteiger partial charge in [0.1, 0.15) is 35.6 Å². The van der Waals surface area contributed by atoms with Crippen molar-refractivity contribution in [3.63, 3.8) is 0 Å². The van der Waals surface area contributed by atoms with E-state index in [1.165, 1.54) is 59.7 Å². The minimum absolute atomic E-state index is 0.00707. The van der Waals surface area contributed by atoms with E-state index >= 15 is 8.78 Å². The first-order chi connectivity index (χ1) is 31.5. The van der Waals surface area contributed by atoms with Crippen LogP contribution in [0.25, 0.3) is 16.6 Å². The van der Waals surface area contributed by atoms with Crippen LogP contribution >= 0.6 is 12.1 Å². The standard InChI is InChI=1S/C45H46F2N12O5S/c1-55(29-3-4-29)65-54-38-9-7-35(46)42(34(38)22-48)64-31-5-8-37-33(21-31)44(63)59(26-51-37)30-23-49-45(50-24-30)58-18-16-57(17-19-58)41(61)25-56-14-12-27(13-15-56)32-6-2-28(20-36(32)47)52-39-10-11-40(60)53-43(39)62/h2,5-9,20-21,23-24,26-27,29,39,52,54H,3-4,10-19,25H2,1H3,(H,53,60,62). The number of rotatable bonds is 13. The Kier molecular flexibility index (Phi) is 12.6. The number of ether oxygens (including phenoxy) is 1. The molecule has 5 heterocycles. The lowest BCUT2D eigenvalue weighted by molar-refractivity contribution is -0.134. The van der Waals surface area contributed by atoms with Crippen LogP contribution in [-0.4, -0.2) is 116 Å². The van der Waals surface area contributed by atoms with Crippen LogP contribution < -0.4 is 30.6 Å². The summed E-state index contributed by atoms with van der Waals surface area (Å²) in [6.45, 7) is 3.60. The quantitative estimate of drug-likeness (QED) is 0.106. The van der Waals surface area contributed by atoms with Crippen molar-refractivity contribution in [1.82, 2.24) is 38.9 Å². The SMILES string of the molecule is CN(SNc1ccc(F)c(Oc2ccc3ncn(-c4cnc(N5CCN(C(=O)CN6CCC(c7ccc(NC8CCC(=O)NC8=O)cc7F)CC6)CC5)nc4)c(=O)c3c2)c1C#N)C1CC1. The summed E-state index contributed by atoms with van der Waals surface area (Å²) in [6, 6.07) is 14.2. The van der Waals surface area contributed by atoms with Crippen molar-refractivity contribution in [2.75, 3.05) is 67.8 Å². The number of likely N-dealkylation sites (tertiary alicyclic amines) is 1. The van der Waals surface area contributed by atoms with E-state index in [-0.39, 0.29) is 59.0 Å². The van der Waals surface area contributed by atoms with Crippen molar-refractivity contribution < 1.29 is 27.9 Å². The third kappa shape index (κ3) is 9.72. The Morgan fingerprint density at radius 1 is 0.938 bits per heavy atom. The number of piperazine rings is 1. The molecule has 2 aromatic heterocycles. The number of carbonyl (C=O) groups excluding carboxylic acids is 3. The molecule has 1 unspecified atom stereocenters. The summed E-state index contributed by atoms with van der Waals surface area (Å²) in [5.74, 6) is -1.40. The van der Waals surface area contributed by atoms with E-state index in [9.17, 15) is 24.4 Å². The van der Waals surface area contributed by atoms with Crippen LogP contribution in [0.15, 0.2) is 72.0 Å². The number of piperidine rings is 2. The predicted octanol–water partition coefficient (Wildman–Crippen LogP) is 4.93. The number of amides is 3. The van der Waals surface area contributed by atoms with Crippen molar-refractivity contribution in [1.29, 1.82) is 5.26 Å². The van der Waals surface area contributed by atoms with Gasteiger partial charge >= 0.3 is 0 Å². The van der Waals surface area contributed by atoms with Gasteiger partial charge in [-0.25, -0.2) is 28.0 Å². The first kappa shape index (κ1) is 43.6. The summed E-state index contributed by atoms with van der Waals surface area (Å²) >= 11 is 1.33. The molecule has 3 amide bonds. The van der Waals surface area contributed by atoms with Gasteiger partial charge < -0.3 is 24.6 Å². The Balaban J connectivity index is 0.769. The van der Waals surface area contributed by atoms with Crippen LogP contribution in [0.5, 0.6) is 11.5 Å². The molecular weight excluding hydrogens is 859 g/mol. The van der Waals surface area contributed by atoms with Gasteiger partial charge in [0.2, 0.25) is 23.7 Å². The topological polar surface area (TPSA) is 194 Å². The zero-order valence-electron chi connectivity index (χ0n) is 35.5. The summed E-state index contributed by atoms with van der Waals surface area (Å²) < 4.78 is 42.7. The molecule has 20 heteroatoms. The average molecular weight is 905 g/mol. The van der Waals surface area contributed by atoms with Gasteiger partial charge in [0.15, 0.2) is 11.6 Å². The molecule has 1 aliphatic carbocycles. The molecule has 3 saturated heterocycles. The number of halogens is 2. The monoisotopic (exact) mass is 904 g/mol. The number of benzene rings is 3. The molecule has 1 atom stereocenters. The van der Waals surface area contributed by atoms with Crippen molar-refractivity contribution in [2.24, 2.45) is 0 Å². The maximum Gasteiger partial charge on any atom is 0.266 e. The van der Waals surface area contributed by atoms with E-state index < -0.39 is 23.3 Å². The summed E-state index contributed by atoms with van der Waals surface area (Å²) in [6.07, 6.45) is 8.65. The molecule has 9 rings (SSSR count). The fraction of sp³-hybridized carbons (Fsp3) is 0.378. The highest BCUT2D eigenvalue weighted by molar-refractivity contribution is 7.98. The van der Waals surface area contributed by atoms with E-state index in [1.54, 1.807) is 24.3 Å². The lowest BCUT2D eigenvalue weighted by Crippen LogP contribution is -2.52. The average Bonchev–Trinajstić information content (AvgIpc) is 4.17. The maximum absolute atomic E-state index is 15.2. The number of hydrogen-bond acceptors (Lipinski definition) is 15. The number of imide groups is 1. The summed E-state index contributed by atoms with van der Waals surface area (Å²) in [5.41, 5.74) is 1.84. The fourth-order valence-corrected chi connectivity index (χ4v) is 9.16. The third-order valence-electron chi connectivity index (χ3n) is 12.3. The van der Waals surface area contributed by atoms with Crippen molar-refractivity contribution in [3.8, 4) is 23.3 Å². The normalized spacial score (nSPS) is 18.4. The molecule has 4 fully saturated rings. The number of nitrogens with one attached hydrogen (secondary N) is 3. The zero-order valence-corrected chi connectivity index (χ0v) is 36.3. The molecule has 3 N–H and O–H groups in total. The largest absolute Gasteiger partial charge is 0.453 e. The lowest BCUT2D eigenvalue weighted by Gasteiger charge is -2.37. The van der Waals surface area contributed by atoms with Gasteiger partial charge in [-0.05, 0) is 106 Å². The first-order valence-corrected chi connectivity index (χ1v) is 22.3. The second-order valence-electron chi connectivity index (χ2n) is 16.6. The van der Waals surface area contributed by atoms with E-state index in [2.05, 4.69) is 35.2 Å². The number of anilines is 3. The second-order valence-corrected chi connectivity index (χ2v) is 17.6. The van der Waals surface area contributed by atoms with Gasteiger partial charge in [0.05, 0.1) is 41.2 Å². The highest BCUT2D eigenvalue weighted by Crippen LogP contribution is 2.37. The Labute approximate surface area is 377 Å². The number of fused-ring (bicyclic) bond motifs is 1. The number of carbonyl (C=O) groups is 3. The lowest BCUT2D eigenvalue weighted by atomic mass is 9.89. The highest BCUT2D eigenvalue weighted by Gasteiger charge is 2.30. The van der Waals surface area contributed by atoms with E-state index in [1.807, 2.05) is 27.2 Å². The molecule has 17 nitrogen and oxygen atoms in total. The summed E-state index contributed by atoms with van der Waals surface area (Å²) in [7, 11) is 1.95. The smallest absolute Gasteiger partial charge is 0.266 e. The minimum Gasteiger partial charge on any atom is -0.453 e. The van der Waals surface area contributed by atoms with Gasteiger partial charge in [0, 0.05) is 56.5 Å². The molecule has 0 spiro atoms. The van der Waals surface area contributed by atoms with Crippen molar-refractivity contribution in [3.05, 3.63) is 100 Å². The Morgan fingerprint density at radius 3 is 2.42 bits per heavy atom. The van der Waals surface area contributed by atoms with Crippen LogP contribution in [0.2, 0.25) is 0 Å².